The van der Waals surface area contributed by atoms with Crippen LogP contribution < -0.4 is 10.9 Å². The van der Waals surface area contributed by atoms with Crippen molar-refractivity contribution in [3.63, 3.8) is 0 Å². The molecular weight excluding hydrogens is 302 g/mol. The first-order chi connectivity index (χ1) is 11.3. The number of benzene rings is 1. The third-order valence-corrected chi connectivity index (χ3v) is 3.86. The smallest absolute Gasteiger partial charge is 0.263 e. The topological polar surface area (TPSA) is 75.6 Å². The summed E-state index contributed by atoms with van der Waals surface area (Å²) in [7, 11) is 0. The summed E-state index contributed by atoms with van der Waals surface area (Å²) in [4.78, 5) is 19.6. The van der Waals surface area contributed by atoms with Gasteiger partial charge in [-0.3, -0.25) is 9.78 Å². The van der Waals surface area contributed by atoms with Gasteiger partial charge in [0.05, 0.1) is 11.7 Å². The molecule has 0 unspecified atom stereocenters. The van der Waals surface area contributed by atoms with E-state index >= 15 is 0 Å². The Morgan fingerprint density at radius 2 is 2.08 bits per heavy atom. The summed E-state index contributed by atoms with van der Waals surface area (Å²) in [6.45, 7) is 8.88. The summed E-state index contributed by atoms with van der Waals surface area (Å²) in [6.07, 6.45) is 2.44. The van der Waals surface area contributed by atoms with Crippen molar-refractivity contribution in [1.82, 2.24) is 19.7 Å². The van der Waals surface area contributed by atoms with Gasteiger partial charge in [0, 0.05) is 6.54 Å². The lowest BCUT2D eigenvalue weighted by molar-refractivity contribution is 0.366. The summed E-state index contributed by atoms with van der Waals surface area (Å²) in [5, 5.41) is 8.03. The number of aromatic amines is 1. The van der Waals surface area contributed by atoms with Crippen molar-refractivity contribution < 1.29 is 0 Å². The first-order valence-electron chi connectivity index (χ1n) is 8.12. The molecule has 0 amide bonds. The van der Waals surface area contributed by atoms with E-state index < -0.39 is 0 Å². The molecule has 6 nitrogen and oxygen atoms in total. The number of rotatable bonds is 4. The highest BCUT2D eigenvalue weighted by Gasteiger charge is 2.19. The van der Waals surface area contributed by atoms with E-state index in [9.17, 15) is 4.79 Å². The predicted octanol–water partition coefficient (Wildman–Crippen LogP) is 2.84. The Balaban J connectivity index is 1.81. The van der Waals surface area contributed by atoms with Gasteiger partial charge in [-0.15, -0.1) is 0 Å². The summed E-state index contributed by atoms with van der Waals surface area (Å²) in [5.41, 5.74) is 2.69. The average molecular weight is 325 g/mol. The fraction of sp³-hybridized carbons (Fsp3) is 0.389. The van der Waals surface area contributed by atoms with Crippen LogP contribution in [-0.4, -0.2) is 26.3 Å². The minimum absolute atomic E-state index is 0.173. The van der Waals surface area contributed by atoms with E-state index in [4.69, 9.17) is 0 Å². The fourth-order valence-corrected chi connectivity index (χ4v) is 2.69. The molecule has 0 aliphatic heterocycles. The highest BCUT2D eigenvalue weighted by Crippen LogP contribution is 2.18. The average Bonchev–Trinajstić information content (AvgIpc) is 2.92. The molecule has 2 aromatic heterocycles. The lowest BCUT2D eigenvalue weighted by atomic mass is 10.1. The molecule has 3 aromatic rings. The van der Waals surface area contributed by atoms with Crippen LogP contribution in [0.4, 0.5) is 5.95 Å². The molecule has 0 fully saturated rings. The number of nitrogens with zero attached hydrogens (tertiary/aromatic N) is 3. The largest absolute Gasteiger partial charge is 0.355 e. The summed E-state index contributed by atoms with van der Waals surface area (Å²) < 4.78 is 1.78. The Labute approximate surface area is 140 Å². The standard InChI is InChI=1S/C18H23N5O/c1-12-6-5-7-13(10-12)8-9-19-17-21-15-14(16(24)22-17)11-20-23(15)18(2,3)4/h5-7,10-11H,8-9H2,1-4H3,(H2,19,21,22,24). The van der Waals surface area contributed by atoms with Crippen molar-refractivity contribution in [2.24, 2.45) is 0 Å². The van der Waals surface area contributed by atoms with E-state index in [2.05, 4.69) is 51.6 Å². The molecule has 0 spiro atoms. The number of nitrogens with one attached hydrogen (secondary N) is 2. The second-order valence-electron chi connectivity index (χ2n) is 7.04. The molecule has 0 bridgehead atoms. The second-order valence-corrected chi connectivity index (χ2v) is 7.04. The van der Waals surface area contributed by atoms with Crippen LogP contribution in [-0.2, 0) is 12.0 Å². The van der Waals surface area contributed by atoms with E-state index in [0.717, 1.165) is 6.42 Å². The summed E-state index contributed by atoms with van der Waals surface area (Å²) in [6, 6.07) is 8.40. The summed E-state index contributed by atoms with van der Waals surface area (Å²) in [5.74, 6) is 0.478. The molecule has 2 heterocycles. The van der Waals surface area contributed by atoms with Gasteiger partial charge in [0.25, 0.3) is 5.56 Å². The number of anilines is 1. The van der Waals surface area contributed by atoms with E-state index in [0.29, 0.717) is 23.5 Å². The van der Waals surface area contributed by atoms with E-state index in [1.807, 2.05) is 20.8 Å². The molecule has 0 aliphatic carbocycles. The first kappa shape index (κ1) is 16.2. The monoisotopic (exact) mass is 325 g/mol. The maximum atomic E-state index is 12.2. The number of aryl methyl sites for hydroxylation is 1. The number of fused-ring (bicyclic) bond motifs is 1. The molecule has 0 atom stereocenters. The van der Waals surface area contributed by atoms with E-state index in [1.54, 1.807) is 10.9 Å². The van der Waals surface area contributed by atoms with Crippen molar-refractivity contribution >= 4 is 17.0 Å². The Morgan fingerprint density at radius 1 is 1.29 bits per heavy atom. The van der Waals surface area contributed by atoms with Crippen molar-refractivity contribution in [2.45, 2.75) is 39.7 Å². The van der Waals surface area contributed by atoms with Gasteiger partial charge >= 0.3 is 0 Å². The van der Waals surface area contributed by atoms with Crippen LogP contribution in [0.5, 0.6) is 0 Å². The van der Waals surface area contributed by atoms with E-state index in [1.165, 1.54) is 11.1 Å². The molecule has 2 N–H and O–H groups in total. The van der Waals surface area contributed by atoms with Gasteiger partial charge < -0.3 is 5.32 Å². The Morgan fingerprint density at radius 3 is 2.79 bits per heavy atom. The van der Waals surface area contributed by atoms with Crippen LogP contribution >= 0.6 is 0 Å². The first-order valence-corrected chi connectivity index (χ1v) is 8.12. The molecule has 0 saturated heterocycles. The molecule has 24 heavy (non-hydrogen) atoms. The molecule has 0 radical (unpaired) electrons. The highest BCUT2D eigenvalue weighted by molar-refractivity contribution is 5.74. The van der Waals surface area contributed by atoms with Gasteiger partial charge in [-0.2, -0.15) is 10.1 Å². The van der Waals surface area contributed by atoms with Crippen molar-refractivity contribution in [2.75, 3.05) is 11.9 Å². The zero-order chi connectivity index (χ0) is 17.3. The number of H-pyrrole nitrogens is 1. The summed E-state index contributed by atoms with van der Waals surface area (Å²) >= 11 is 0. The van der Waals surface area contributed by atoms with Gasteiger partial charge in [0.15, 0.2) is 5.65 Å². The molecule has 126 valence electrons. The van der Waals surface area contributed by atoms with Crippen LogP contribution in [0.15, 0.2) is 35.3 Å². The van der Waals surface area contributed by atoms with Gasteiger partial charge in [-0.25, -0.2) is 4.68 Å². The third-order valence-electron chi connectivity index (χ3n) is 3.86. The zero-order valence-corrected chi connectivity index (χ0v) is 14.6. The minimum Gasteiger partial charge on any atom is -0.355 e. The Hall–Kier alpha value is -2.63. The van der Waals surface area contributed by atoms with Crippen LogP contribution in [0.3, 0.4) is 0 Å². The number of hydrogen-bond donors (Lipinski definition) is 2. The molecule has 3 rings (SSSR count). The predicted molar refractivity (Wildman–Crippen MR) is 96.5 cm³/mol. The number of hydrogen-bond acceptors (Lipinski definition) is 4. The van der Waals surface area contributed by atoms with Crippen molar-refractivity contribution in [1.29, 1.82) is 0 Å². The van der Waals surface area contributed by atoms with Crippen LogP contribution in [0.25, 0.3) is 11.0 Å². The SMILES string of the molecule is Cc1cccc(CCNc2nc3c(cnn3C(C)(C)C)c(=O)[nH]2)c1. The molecule has 1 aromatic carbocycles. The van der Waals surface area contributed by atoms with Crippen LogP contribution in [0.1, 0.15) is 31.9 Å². The fourth-order valence-electron chi connectivity index (χ4n) is 2.69. The maximum Gasteiger partial charge on any atom is 0.263 e. The lowest BCUT2D eigenvalue weighted by Crippen LogP contribution is -2.24. The van der Waals surface area contributed by atoms with Crippen molar-refractivity contribution in [3.05, 3.63) is 51.9 Å². The molecule has 0 aliphatic rings. The van der Waals surface area contributed by atoms with Crippen LogP contribution in [0.2, 0.25) is 0 Å². The quantitative estimate of drug-likeness (QED) is 0.773. The zero-order valence-electron chi connectivity index (χ0n) is 14.6. The Kier molecular flexibility index (Phi) is 4.13. The molecule has 6 heteroatoms. The third kappa shape index (κ3) is 3.32. The van der Waals surface area contributed by atoms with Gasteiger partial charge in [-0.1, -0.05) is 29.8 Å². The minimum atomic E-state index is -0.235. The lowest BCUT2D eigenvalue weighted by Gasteiger charge is -2.19. The maximum absolute atomic E-state index is 12.2. The van der Waals surface area contributed by atoms with Gasteiger partial charge in [0.1, 0.15) is 5.39 Å². The molecule has 0 saturated carbocycles. The second kappa shape index (κ2) is 6.11. The Bertz CT molecular complexity index is 917. The van der Waals surface area contributed by atoms with Crippen molar-refractivity contribution in [3.8, 4) is 0 Å². The van der Waals surface area contributed by atoms with Gasteiger partial charge in [0.2, 0.25) is 5.95 Å². The van der Waals surface area contributed by atoms with Gasteiger partial charge in [-0.05, 0) is 39.7 Å². The number of aromatic nitrogens is 4. The van der Waals surface area contributed by atoms with E-state index in [-0.39, 0.29) is 11.1 Å². The normalized spacial score (nSPS) is 11.8. The highest BCUT2D eigenvalue weighted by atomic mass is 16.1. The van der Waals surface area contributed by atoms with Crippen LogP contribution in [0, 0.1) is 6.92 Å². The molecular formula is C18H23N5O.